The molecule has 2 rings (SSSR count). The molecule has 0 aliphatic rings. The van der Waals surface area contributed by atoms with Crippen molar-refractivity contribution in [3.63, 3.8) is 0 Å². The van der Waals surface area contributed by atoms with E-state index in [0.717, 1.165) is 16.1 Å². The van der Waals surface area contributed by atoms with Crippen LogP contribution in [0.1, 0.15) is 29.1 Å². The monoisotopic (exact) mass is 363 g/mol. The average molecular weight is 363 g/mol. The van der Waals surface area contributed by atoms with Gasteiger partial charge in [-0.2, -0.15) is 0 Å². The molecule has 0 fully saturated rings. The fourth-order valence-corrected chi connectivity index (χ4v) is 2.96. The topological polar surface area (TPSA) is 89.5 Å². The van der Waals surface area contributed by atoms with Crippen LogP contribution in [0.25, 0.3) is 0 Å². The van der Waals surface area contributed by atoms with Crippen LogP contribution in [-0.4, -0.2) is 31.0 Å². The maximum Gasteiger partial charge on any atom is 0.315 e. The number of nitrogens with zero attached hydrogens (tertiary/aromatic N) is 1. The third-order valence-corrected chi connectivity index (χ3v) is 4.70. The van der Waals surface area contributed by atoms with Crippen molar-refractivity contribution in [3.8, 4) is 11.5 Å². The number of methoxy groups -OCH3 is 2. The standard InChI is InChI=1S/C17H21N3O4S/c1-9-11(3)25-17(19-9)20-16(22)15(21)18-10(2)12-6-7-13(23-4)14(8-12)24-5/h6-8,10H,1-5H3,(H,18,21)(H,19,20,22). The van der Waals surface area contributed by atoms with Crippen molar-refractivity contribution < 1.29 is 19.1 Å². The molecular formula is C17H21N3O4S. The lowest BCUT2D eigenvalue weighted by Gasteiger charge is -2.16. The second-order valence-electron chi connectivity index (χ2n) is 5.42. The van der Waals surface area contributed by atoms with Crippen LogP contribution in [0.5, 0.6) is 11.5 Å². The van der Waals surface area contributed by atoms with Crippen LogP contribution in [0.3, 0.4) is 0 Å². The Kier molecular flexibility index (Phi) is 5.97. The minimum absolute atomic E-state index is 0.377. The summed E-state index contributed by atoms with van der Waals surface area (Å²) in [5.74, 6) is -0.329. The zero-order valence-corrected chi connectivity index (χ0v) is 15.6. The van der Waals surface area contributed by atoms with Crippen molar-refractivity contribution in [2.45, 2.75) is 26.8 Å². The van der Waals surface area contributed by atoms with Gasteiger partial charge in [0.25, 0.3) is 0 Å². The highest BCUT2D eigenvalue weighted by Crippen LogP contribution is 2.29. The molecule has 2 N–H and O–H groups in total. The van der Waals surface area contributed by atoms with E-state index in [2.05, 4.69) is 15.6 Å². The number of ether oxygens (including phenoxy) is 2. The van der Waals surface area contributed by atoms with E-state index >= 15 is 0 Å². The molecule has 0 spiro atoms. The summed E-state index contributed by atoms with van der Waals surface area (Å²) in [7, 11) is 3.09. The molecule has 2 amide bonds. The van der Waals surface area contributed by atoms with Gasteiger partial charge in [0.1, 0.15) is 0 Å². The summed E-state index contributed by atoms with van der Waals surface area (Å²) >= 11 is 1.33. The number of thiazole rings is 1. The maximum absolute atomic E-state index is 12.1. The third-order valence-electron chi connectivity index (χ3n) is 3.71. The van der Waals surface area contributed by atoms with Gasteiger partial charge in [0.2, 0.25) is 0 Å². The molecule has 0 saturated carbocycles. The summed E-state index contributed by atoms with van der Waals surface area (Å²) in [5.41, 5.74) is 1.62. The van der Waals surface area contributed by atoms with Crippen molar-refractivity contribution in [2.75, 3.05) is 19.5 Å². The Balaban J connectivity index is 2.02. The summed E-state index contributed by atoms with van der Waals surface area (Å²) in [5, 5.41) is 5.58. The van der Waals surface area contributed by atoms with Gasteiger partial charge in [-0.1, -0.05) is 6.07 Å². The number of hydrogen-bond donors (Lipinski definition) is 2. The lowest BCUT2D eigenvalue weighted by Crippen LogP contribution is -2.36. The fraction of sp³-hybridized carbons (Fsp3) is 0.353. The molecule has 25 heavy (non-hydrogen) atoms. The first-order chi connectivity index (χ1) is 11.8. The molecule has 7 nitrogen and oxygen atoms in total. The molecule has 0 saturated heterocycles. The first kappa shape index (κ1) is 18.7. The number of carbonyl (C=O) groups is 2. The minimum Gasteiger partial charge on any atom is -0.493 e. The zero-order valence-electron chi connectivity index (χ0n) is 14.8. The molecule has 0 bridgehead atoms. The maximum atomic E-state index is 12.1. The van der Waals surface area contributed by atoms with Gasteiger partial charge in [-0.05, 0) is 38.5 Å². The van der Waals surface area contributed by atoms with E-state index in [1.807, 2.05) is 13.8 Å². The number of benzene rings is 1. The summed E-state index contributed by atoms with van der Waals surface area (Å²) < 4.78 is 10.4. The van der Waals surface area contributed by atoms with E-state index in [9.17, 15) is 9.59 Å². The summed E-state index contributed by atoms with van der Waals surface area (Å²) in [6.45, 7) is 5.53. The lowest BCUT2D eigenvalue weighted by molar-refractivity contribution is -0.136. The summed E-state index contributed by atoms with van der Waals surface area (Å²) in [6, 6.07) is 4.93. The Morgan fingerprint density at radius 2 is 1.80 bits per heavy atom. The molecule has 0 aliphatic carbocycles. The summed E-state index contributed by atoms with van der Waals surface area (Å²) in [4.78, 5) is 29.3. The summed E-state index contributed by atoms with van der Waals surface area (Å²) in [6.07, 6.45) is 0. The van der Waals surface area contributed by atoms with E-state index in [4.69, 9.17) is 9.47 Å². The zero-order chi connectivity index (χ0) is 18.6. The van der Waals surface area contributed by atoms with E-state index in [0.29, 0.717) is 16.6 Å². The quantitative estimate of drug-likeness (QED) is 0.797. The van der Waals surface area contributed by atoms with Gasteiger partial charge in [-0.15, -0.1) is 11.3 Å². The molecule has 134 valence electrons. The third kappa shape index (κ3) is 4.48. The Morgan fingerprint density at radius 3 is 2.36 bits per heavy atom. The molecule has 1 heterocycles. The van der Waals surface area contributed by atoms with Crippen LogP contribution in [0.4, 0.5) is 5.13 Å². The number of nitrogens with one attached hydrogen (secondary N) is 2. The Labute approximate surface area is 150 Å². The molecule has 1 aromatic carbocycles. The van der Waals surface area contributed by atoms with Crippen molar-refractivity contribution >= 4 is 28.3 Å². The molecule has 0 radical (unpaired) electrons. The van der Waals surface area contributed by atoms with Gasteiger partial charge in [0.05, 0.1) is 26.0 Å². The highest BCUT2D eigenvalue weighted by molar-refractivity contribution is 7.15. The molecule has 1 atom stereocenters. The second kappa shape index (κ2) is 7.98. The van der Waals surface area contributed by atoms with Gasteiger partial charge < -0.3 is 14.8 Å². The van der Waals surface area contributed by atoms with Gasteiger partial charge >= 0.3 is 11.8 Å². The number of rotatable bonds is 5. The number of anilines is 1. The van der Waals surface area contributed by atoms with Crippen molar-refractivity contribution in [3.05, 3.63) is 34.3 Å². The number of hydrogen-bond acceptors (Lipinski definition) is 6. The molecule has 1 aromatic heterocycles. The number of aromatic nitrogens is 1. The number of amides is 2. The van der Waals surface area contributed by atoms with Crippen LogP contribution >= 0.6 is 11.3 Å². The molecule has 0 aliphatic heterocycles. The van der Waals surface area contributed by atoms with Crippen LogP contribution in [0, 0.1) is 13.8 Å². The highest BCUT2D eigenvalue weighted by Gasteiger charge is 2.19. The second-order valence-corrected chi connectivity index (χ2v) is 6.63. The van der Waals surface area contributed by atoms with Crippen molar-refractivity contribution in [1.82, 2.24) is 10.3 Å². The Hall–Kier alpha value is -2.61. The van der Waals surface area contributed by atoms with Crippen molar-refractivity contribution in [1.29, 1.82) is 0 Å². The molecule has 8 heteroatoms. The number of carbonyl (C=O) groups excluding carboxylic acids is 2. The molecular weight excluding hydrogens is 342 g/mol. The average Bonchev–Trinajstić information content (AvgIpc) is 2.91. The van der Waals surface area contributed by atoms with Crippen LogP contribution in [0.15, 0.2) is 18.2 Å². The van der Waals surface area contributed by atoms with Crippen molar-refractivity contribution in [2.24, 2.45) is 0 Å². The van der Waals surface area contributed by atoms with Gasteiger partial charge in [-0.3, -0.25) is 14.9 Å². The highest BCUT2D eigenvalue weighted by atomic mass is 32.1. The molecule has 1 unspecified atom stereocenters. The SMILES string of the molecule is COc1ccc(C(C)NC(=O)C(=O)Nc2nc(C)c(C)s2)cc1OC. The first-order valence-electron chi connectivity index (χ1n) is 7.63. The van der Waals surface area contributed by atoms with Crippen LogP contribution in [-0.2, 0) is 9.59 Å². The Morgan fingerprint density at radius 1 is 1.12 bits per heavy atom. The van der Waals surface area contributed by atoms with Gasteiger partial charge in [0.15, 0.2) is 16.6 Å². The smallest absolute Gasteiger partial charge is 0.315 e. The minimum atomic E-state index is -0.749. The van der Waals surface area contributed by atoms with Gasteiger partial charge in [0, 0.05) is 4.88 Å². The largest absolute Gasteiger partial charge is 0.493 e. The van der Waals surface area contributed by atoms with E-state index < -0.39 is 11.8 Å². The first-order valence-corrected chi connectivity index (χ1v) is 8.45. The number of aryl methyl sites for hydroxylation is 2. The fourth-order valence-electron chi connectivity index (χ4n) is 2.15. The van der Waals surface area contributed by atoms with Crippen LogP contribution < -0.4 is 20.1 Å². The normalized spacial score (nSPS) is 11.6. The van der Waals surface area contributed by atoms with E-state index in [-0.39, 0.29) is 6.04 Å². The lowest BCUT2D eigenvalue weighted by atomic mass is 10.1. The van der Waals surface area contributed by atoms with Gasteiger partial charge in [-0.25, -0.2) is 4.98 Å². The van der Waals surface area contributed by atoms with Crippen LogP contribution in [0.2, 0.25) is 0 Å². The van der Waals surface area contributed by atoms with E-state index in [1.165, 1.54) is 18.4 Å². The predicted molar refractivity (Wildman–Crippen MR) is 96.3 cm³/mol. The molecule has 2 aromatic rings. The predicted octanol–water partition coefficient (Wildman–Crippen LogP) is 2.59. The van der Waals surface area contributed by atoms with E-state index in [1.54, 1.807) is 32.2 Å². The Bertz CT molecular complexity index is 769.